The molecule has 2 aliphatic rings. The molecule has 0 amide bonds. The number of fused-ring (bicyclic) bond motifs is 1. The number of nitrogens with two attached hydrogens (primary N) is 1. The smallest absolute Gasteiger partial charge is 0.204 e. The van der Waals surface area contributed by atoms with Crippen molar-refractivity contribution < 1.29 is 4.74 Å². The average molecular weight is 389 g/mol. The lowest BCUT2D eigenvalue weighted by Crippen LogP contribution is -2.46. The van der Waals surface area contributed by atoms with Crippen LogP contribution in [-0.4, -0.2) is 38.9 Å². The van der Waals surface area contributed by atoms with Crippen LogP contribution < -0.4 is 21.3 Å². The zero-order valence-electron chi connectivity index (χ0n) is 16.0. The van der Waals surface area contributed by atoms with E-state index in [9.17, 15) is 0 Å². The van der Waals surface area contributed by atoms with Crippen molar-refractivity contribution in [2.24, 2.45) is 5.84 Å². The highest BCUT2D eigenvalue weighted by Gasteiger charge is 2.36. The van der Waals surface area contributed by atoms with Gasteiger partial charge in [-0.15, -0.1) is 15.0 Å². The molecule has 1 saturated heterocycles. The number of para-hydroxylation sites is 1. The number of hydrazine groups is 1. The molecule has 8 heteroatoms. The number of hydrogen-bond donors (Lipinski definition) is 3. The van der Waals surface area contributed by atoms with Crippen LogP contribution in [0, 0.1) is 0 Å². The first-order valence-electron chi connectivity index (χ1n) is 9.80. The monoisotopic (exact) mass is 389 g/mol. The maximum atomic E-state index is 6.47. The molecule has 5 rings (SSSR count). The Bertz CT molecular complexity index is 1040. The van der Waals surface area contributed by atoms with Crippen molar-refractivity contribution in [1.82, 2.24) is 30.9 Å². The SMILES string of the molecule is NNCn1nnc(-c2ccc(C3=CC4(CCNCC4)Oc4ccccc43)cc2)n1. The molecule has 0 unspecified atom stereocenters. The molecule has 1 fully saturated rings. The van der Waals surface area contributed by atoms with Gasteiger partial charge < -0.3 is 10.1 Å². The summed E-state index contributed by atoms with van der Waals surface area (Å²) in [5.41, 5.74) is 6.67. The first kappa shape index (κ1) is 18.0. The minimum absolute atomic E-state index is 0.243. The third kappa shape index (κ3) is 3.42. The molecule has 1 aromatic heterocycles. The maximum Gasteiger partial charge on any atom is 0.204 e. The lowest BCUT2D eigenvalue weighted by atomic mass is 9.83. The van der Waals surface area contributed by atoms with Gasteiger partial charge >= 0.3 is 0 Å². The number of rotatable bonds is 4. The highest BCUT2D eigenvalue weighted by Crippen LogP contribution is 2.42. The van der Waals surface area contributed by atoms with Gasteiger partial charge in [-0.3, -0.25) is 5.84 Å². The van der Waals surface area contributed by atoms with Crippen molar-refractivity contribution in [3.63, 3.8) is 0 Å². The van der Waals surface area contributed by atoms with Crippen LogP contribution in [0.25, 0.3) is 17.0 Å². The quantitative estimate of drug-likeness (QED) is 0.461. The summed E-state index contributed by atoms with van der Waals surface area (Å²) in [4.78, 5) is 1.42. The maximum absolute atomic E-state index is 6.47. The van der Waals surface area contributed by atoms with E-state index in [1.807, 2.05) is 18.2 Å². The fourth-order valence-electron chi connectivity index (χ4n) is 4.01. The largest absolute Gasteiger partial charge is 0.482 e. The summed E-state index contributed by atoms with van der Waals surface area (Å²) >= 11 is 0. The summed E-state index contributed by atoms with van der Waals surface area (Å²) < 4.78 is 6.47. The number of ether oxygens (including phenoxy) is 1. The van der Waals surface area contributed by atoms with Crippen molar-refractivity contribution in [2.75, 3.05) is 13.1 Å². The summed E-state index contributed by atoms with van der Waals surface area (Å²) in [6.45, 7) is 2.24. The van der Waals surface area contributed by atoms with Crippen molar-refractivity contribution in [1.29, 1.82) is 0 Å². The Labute approximate surface area is 168 Å². The number of piperidine rings is 1. The molecule has 3 heterocycles. The Kier molecular flexibility index (Phi) is 4.59. The Balaban J connectivity index is 1.50. The van der Waals surface area contributed by atoms with Crippen molar-refractivity contribution in [2.45, 2.75) is 25.1 Å². The minimum Gasteiger partial charge on any atom is -0.482 e. The van der Waals surface area contributed by atoms with Crippen LogP contribution in [0.4, 0.5) is 0 Å². The topological polar surface area (TPSA) is 103 Å². The van der Waals surface area contributed by atoms with Gasteiger partial charge in [0.2, 0.25) is 5.82 Å². The van der Waals surface area contributed by atoms with E-state index in [0.29, 0.717) is 12.5 Å². The second kappa shape index (κ2) is 7.40. The summed E-state index contributed by atoms with van der Waals surface area (Å²) in [5.74, 6) is 6.84. The Morgan fingerprint density at radius 2 is 1.83 bits per heavy atom. The normalized spacial score (nSPS) is 17.5. The second-order valence-electron chi connectivity index (χ2n) is 7.40. The van der Waals surface area contributed by atoms with Crippen LogP contribution in [0.5, 0.6) is 5.75 Å². The molecule has 1 spiro atoms. The first-order valence-corrected chi connectivity index (χ1v) is 9.80. The van der Waals surface area contributed by atoms with E-state index in [2.05, 4.69) is 62.6 Å². The standard InChI is InChI=1S/C21H23N7O/c22-24-14-28-26-20(25-27-28)16-7-5-15(6-8-16)18-13-21(9-11-23-12-10-21)29-19-4-2-1-3-17(18)19/h1-8,13,23-24H,9-12,14,22H2. The molecule has 8 nitrogen and oxygen atoms in total. The van der Waals surface area contributed by atoms with Gasteiger partial charge in [-0.05, 0) is 41.6 Å². The molecule has 0 atom stereocenters. The predicted molar refractivity (Wildman–Crippen MR) is 110 cm³/mol. The molecule has 2 aliphatic heterocycles. The second-order valence-corrected chi connectivity index (χ2v) is 7.40. The molecule has 29 heavy (non-hydrogen) atoms. The number of aromatic nitrogens is 4. The van der Waals surface area contributed by atoms with E-state index >= 15 is 0 Å². The summed E-state index contributed by atoms with van der Waals surface area (Å²) in [6, 6.07) is 16.6. The molecular formula is C21H23N7O. The Morgan fingerprint density at radius 1 is 1.07 bits per heavy atom. The molecule has 0 saturated carbocycles. The highest BCUT2D eigenvalue weighted by molar-refractivity contribution is 5.85. The number of tetrazole rings is 1. The van der Waals surface area contributed by atoms with E-state index in [4.69, 9.17) is 10.6 Å². The third-order valence-corrected chi connectivity index (χ3v) is 5.49. The first-order chi connectivity index (χ1) is 14.3. The van der Waals surface area contributed by atoms with Crippen LogP contribution >= 0.6 is 0 Å². The van der Waals surface area contributed by atoms with Crippen molar-refractivity contribution >= 4 is 5.57 Å². The van der Waals surface area contributed by atoms with Crippen LogP contribution in [0.1, 0.15) is 24.0 Å². The van der Waals surface area contributed by atoms with E-state index in [1.54, 1.807) is 0 Å². The molecule has 0 radical (unpaired) electrons. The van der Waals surface area contributed by atoms with Crippen LogP contribution in [0.2, 0.25) is 0 Å². The summed E-state index contributed by atoms with van der Waals surface area (Å²) in [7, 11) is 0. The number of hydrogen-bond acceptors (Lipinski definition) is 7. The van der Waals surface area contributed by atoms with E-state index in [0.717, 1.165) is 48.4 Å². The highest BCUT2D eigenvalue weighted by atomic mass is 16.5. The fourth-order valence-corrected chi connectivity index (χ4v) is 4.01. The van der Waals surface area contributed by atoms with Crippen LogP contribution in [-0.2, 0) is 6.67 Å². The van der Waals surface area contributed by atoms with Crippen LogP contribution in [0.15, 0.2) is 54.6 Å². The molecule has 4 N–H and O–H groups in total. The average Bonchev–Trinajstić information content (AvgIpc) is 3.23. The minimum atomic E-state index is -0.243. The van der Waals surface area contributed by atoms with E-state index in [1.165, 1.54) is 10.4 Å². The van der Waals surface area contributed by atoms with Crippen LogP contribution in [0.3, 0.4) is 0 Å². The predicted octanol–water partition coefficient (Wildman–Crippen LogP) is 1.71. The van der Waals surface area contributed by atoms with Gasteiger partial charge in [0.1, 0.15) is 18.0 Å². The summed E-state index contributed by atoms with van der Waals surface area (Å²) in [5, 5.41) is 15.8. The molecule has 0 aliphatic carbocycles. The fraction of sp³-hybridized carbons (Fsp3) is 0.286. The Morgan fingerprint density at radius 3 is 2.62 bits per heavy atom. The van der Waals surface area contributed by atoms with E-state index in [-0.39, 0.29) is 5.60 Å². The van der Waals surface area contributed by atoms with Gasteiger partial charge in [0.05, 0.1) is 0 Å². The zero-order valence-corrected chi connectivity index (χ0v) is 16.0. The molecule has 3 aromatic rings. The van der Waals surface area contributed by atoms with E-state index < -0.39 is 0 Å². The van der Waals surface area contributed by atoms with Gasteiger partial charge in [-0.2, -0.15) is 0 Å². The molecular weight excluding hydrogens is 366 g/mol. The molecule has 2 aromatic carbocycles. The number of nitrogens with one attached hydrogen (secondary N) is 2. The molecule has 0 bridgehead atoms. The number of benzene rings is 2. The van der Waals surface area contributed by atoms with Gasteiger partial charge in [0.15, 0.2) is 0 Å². The Hall–Kier alpha value is -3.07. The lowest BCUT2D eigenvalue weighted by molar-refractivity contribution is 0.0817. The summed E-state index contributed by atoms with van der Waals surface area (Å²) in [6.07, 6.45) is 4.24. The van der Waals surface area contributed by atoms with Crippen molar-refractivity contribution in [3.05, 3.63) is 65.7 Å². The van der Waals surface area contributed by atoms with Gasteiger partial charge in [-0.1, -0.05) is 42.5 Å². The van der Waals surface area contributed by atoms with Gasteiger partial charge in [0.25, 0.3) is 0 Å². The lowest BCUT2D eigenvalue weighted by Gasteiger charge is -2.40. The molecule has 148 valence electrons. The zero-order chi connectivity index (χ0) is 19.7. The van der Waals surface area contributed by atoms with Gasteiger partial charge in [-0.25, -0.2) is 5.43 Å². The number of nitrogens with zero attached hydrogens (tertiary/aromatic N) is 4. The van der Waals surface area contributed by atoms with Gasteiger partial charge in [0, 0.05) is 24.0 Å². The van der Waals surface area contributed by atoms with Crippen molar-refractivity contribution in [3.8, 4) is 17.1 Å². The third-order valence-electron chi connectivity index (χ3n) is 5.49.